The highest BCUT2D eigenvalue weighted by Gasteiger charge is 2.26. The minimum atomic E-state index is -0.918. The third-order valence-corrected chi connectivity index (χ3v) is 8.67. The molecule has 12 nitrogen and oxygen atoms in total. The number of carbonyl (C=O) groups is 4. The number of carbonyl (C=O) groups excluding carboxylic acids is 4. The number of hydrogen-bond donors (Lipinski definition) is 2. The molecule has 0 heterocycles. The first kappa shape index (κ1) is 43.3. The quantitative estimate of drug-likeness (QED) is 0.0588. The van der Waals surface area contributed by atoms with Crippen molar-refractivity contribution in [2.45, 2.75) is 19.3 Å². The molecule has 0 aromatic heterocycles. The van der Waals surface area contributed by atoms with Crippen LogP contribution < -0.4 is 20.4 Å². The van der Waals surface area contributed by atoms with Crippen LogP contribution in [-0.4, -0.2) is 50.9 Å². The maximum atomic E-state index is 12.4. The van der Waals surface area contributed by atoms with Crippen LogP contribution in [0.2, 0.25) is 0 Å². The van der Waals surface area contributed by atoms with Crippen molar-refractivity contribution >= 4 is 46.9 Å². The fraction of sp³-hybridized carbons (Fsp3) is 0.125. The summed E-state index contributed by atoms with van der Waals surface area (Å²) in [5.41, 5.74) is 5.04. The third-order valence-electron chi connectivity index (χ3n) is 8.67. The fourth-order valence-electron chi connectivity index (χ4n) is 5.71. The summed E-state index contributed by atoms with van der Waals surface area (Å²) in [6.45, 7) is 0.380. The lowest BCUT2D eigenvalue weighted by atomic mass is 10.2. The molecule has 6 rings (SSSR count). The Labute approximate surface area is 349 Å². The normalized spacial score (nSPS) is 11.0. The monoisotopic (exact) mass is 806 g/mol. The molecule has 6 aromatic carbocycles. The van der Waals surface area contributed by atoms with Crippen molar-refractivity contribution in [3.8, 4) is 0 Å². The molecule has 306 valence electrons. The van der Waals surface area contributed by atoms with Gasteiger partial charge in [-0.15, -0.1) is 0 Å². The van der Waals surface area contributed by atoms with Crippen molar-refractivity contribution in [2.75, 3.05) is 30.6 Å². The highest BCUT2D eigenvalue weighted by atomic mass is 16.6. The van der Waals surface area contributed by atoms with Gasteiger partial charge in [0, 0.05) is 28.9 Å². The van der Waals surface area contributed by atoms with E-state index in [0.29, 0.717) is 0 Å². The summed E-state index contributed by atoms with van der Waals surface area (Å²) in [6.07, 6.45) is 0.0761. The minimum absolute atomic E-state index is 0.0525. The summed E-state index contributed by atoms with van der Waals surface area (Å²) in [6, 6.07) is 55.9. The second-order valence-corrected chi connectivity index (χ2v) is 12.8. The predicted octanol–water partition coefficient (Wildman–Crippen LogP) is 9.06. The number of amides is 2. The Kier molecular flexibility index (Phi) is 16.9. The van der Waals surface area contributed by atoms with E-state index < -0.39 is 30.2 Å². The van der Waals surface area contributed by atoms with Crippen LogP contribution in [0.3, 0.4) is 0 Å². The molecule has 0 fully saturated rings. The molecule has 6 aromatic rings. The van der Waals surface area contributed by atoms with Crippen LogP contribution in [-0.2, 0) is 41.8 Å². The van der Waals surface area contributed by atoms with Gasteiger partial charge in [-0.05, 0) is 59.7 Å². The van der Waals surface area contributed by atoms with Crippen LogP contribution >= 0.6 is 0 Å². The van der Waals surface area contributed by atoms with Gasteiger partial charge in [0.1, 0.15) is 25.0 Å². The molecule has 1 atom stereocenters. The Bertz CT molecular complexity index is 2170. The summed E-state index contributed by atoms with van der Waals surface area (Å²) in [4.78, 5) is 53.1. The zero-order chi connectivity index (χ0) is 42.4. The largest absolute Gasteiger partial charge is 0.467 e. The fourth-order valence-corrected chi connectivity index (χ4v) is 5.71. The van der Waals surface area contributed by atoms with E-state index in [4.69, 9.17) is 18.9 Å². The zero-order valence-electron chi connectivity index (χ0n) is 33.3. The Morgan fingerprint density at radius 1 is 0.517 bits per heavy atom. The average Bonchev–Trinajstić information content (AvgIpc) is 3.31. The Morgan fingerprint density at radius 3 is 1.30 bits per heavy atom. The summed E-state index contributed by atoms with van der Waals surface area (Å²) >= 11 is 0. The van der Waals surface area contributed by atoms with Gasteiger partial charge >= 0.3 is 24.1 Å². The van der Waals surface area contributed by atoms with Crippen LogP contribution in [0.5, 0.6) is 0 Å². The molecule has 0 bridgehead atoms. The number of para-hydroxylation sites is 4. The van der Waals surface area contributed by atoms with Gasteiger partial charge in [-0.2, -0.15) is 0 Å². The van der Waals surface area contributed by atoms with Gasteiger partial charge in [-0.25, -0.2) is 19.2 Å². The Hall–Kier alpha value is -7.86. The first-order valence-corrected chi connectivity index (χ1v) is 18.9. The van der Waals surface area contributed by atoms with E-state index >= 15 is 0 Å². The van der Waals surface area contributed by atoms with Gasteiger partial charge < -0.3 is 34.1 Å². The van der Waals surface area contributed by atoms with Crippen LogP contribution in [0, 0.1) is 0 Å². The number of anilines is 4. The number of hydrogen-bond acceptors (Lipinski definition) is 10. The molecule has 0 saturated heterocycles. The molecular weight excluding hydrogens is 761 g/mol. The third kappa shape index (κ3) is 13.7. The van der Waals surface area contributed by atoms with Crippen molar-refractivity contribution in [2.24, 2.45) is 0 Å². The molecular formula is C48H46N4O8. The average molecular weight is 807 g/mol. The molecule has 2 N–H and O–H groups in total. The molecule has 0 spiro atoms. The van der Waals surface area contributed by atoms with Crippen LogP contribution in [0.25, 0.3) is 0 Å². The van der Waals surface area contributed by atoms with Gasteiger partial charge in [0.2, 0.25) is 0 Å². The standard InChI is InChI=1S/C24H24N2O4.C24H22N2O4/c2*1-29-23(27)22(25-24(28)30-18-19-11-5-2-6-12-19)17-26(20-13-7-3-8-14-20)21-15-9-4-10-16-21/h2-16,22H,17-18H2,1H3,(H,25,28);2-17H,18H2,1H3,(H,25,28)/b;22-17-. The van der Waals surface area contributed by atoms with Crippen LogP contribution in [0.1, 0.15) is 11.1 Å². The highest BCUT2D eigenvalue weighted by molar-refractivity contribution is 5.93. The first-order chi connectivity index (χ1) is 29.3. The van der Waals surface area contributed by atoms with Crippen molar-refractivity contribution in [1.29, 1.82) is 0 Å². The van der Waals surface area contributed by atoms with E-state index in [2.05, 4.69) is 10.6 Å². The van der Waals surface area contributed by atoms with E-state index in [-0.39, 0.29) is 25.5 Å². The summed E-state index contributed by atoms with van der Waals surface area (Å²) < 4.78 is 20.3. The number of alkyl carbamates (subject to hydrolysis) is 2. The molecule has 1 unspecified atom stereocenters. The number of nitrogens with zero attached hydrogens (tertiary/aromatic N) is 2. The second-order valence-electron chi connectivity index (χ2n) is 12.8. The summed E-state index contributed by atoms with van der Waals surface area (Å²) in [5.74, 6) is -1.24. The number of nitrogens with one attached hydrogen (secondary N) is 2. The number of benzene rings is 6. The van der Waals surface area contributed by atoms with E-state index in [1.807, 2.05) is 187 Å². The van der Waals surface area contributed by atoms with Gasteiger partial charge in [0.15, 0.2) is 0 Å². The van der Waals surface area contributed by atoms with Crippen molar-refractivity contribution in [1.82, 2.24) is 10.6 Å². The lowest BCUT2D eigenvalue weighted by Gasteiger charge is -2.28. The van der Waals surface area contributed by atoms with Crippen LogP contribution in [0.4, 0.5) is 32.3 Å². The molecule has 60 heavy (non-hydrogen) atoms. The lowest BCUT2D eigenvalue weighted by Crippen LogP contribution is -2.48. The molecule has 0 radical (unpaired) electrons. The smallest absolute Gasteiger partial charge is 0.412 e. The minimum Gasteiger partial charge on any atom is -0.467 e. The molecule has 0 aliphatic carbocycles. The van der Waals surface area contributed by atoms with Gasteiger partial charge in [0.05, 0.1) is 20.8 Å². The summed E-state index contributed by atoms with van der Waals surface area (Å²) in [7, 11) is 2.55. The van der Waals surface area contributed by atoms with Crippen LogP contribution in [0.15, 0.2) is 194 Å². The number of methoxy groups -OCH3 is 2. The maximum absolute atomic E-state index is 12.4. The predicted molar refractivity (Wildman–Crippen MR) is 230 cm³/mol. The van der Waals surface area contributed by atoms with E-state index in [9.17, 15) is 19.2 Å². The number of ether oxygens (including phenoxy) is 4. The van der Waals surface area contributed by atoms with Crippen molar-refractivity contribution in [3.63, 3.8) is 0 Å². The van der Waals surface area contributed by atoms with Crippen molar-refractivity contribution in [3.05, 3.63) is 205 Å². The zero-order valence-corrected chi connectivity index (χ0v) is 33.3. The second kappa shape index (κ2) is 23.4. The molecule has 12 heteroatoms. The maximum Gasteiger partial charge on any atom is 0.412 e. The number of esters is 2. The highest BCUT2D eigenvalue weighted by Crippen LogP contribution is 2.27. The molecule has 2 amide bonds. The van der Waals surface area contributed by atoms with E-state index in [0.717, 1.165) is 33.9 Å². The van der Waals surface area contributed by atoms with E-state index in [1.54, 1.807) is 4.90 Å². The number of rotatable bonds is 15. The van der Waals surface area contributed by atoms with Gasteiger partial charge in [-0.3, -0.25) is 5.32 Å². The van der Waals surface area contributed by atoms with E-state index in [1.165, 1.54) is 20.4 Å². The molecule has 0 aliphatic rings. The first-order valence-electron chi connectivity index (χ1n) is 18.9. The van der Waals surface area contributed by atoms with Crippen molar-refractivity contribution < 1.29 is 38.1 Å². The van der Waals surface area contributed by atoms with Gasteiger partial charge in [-0.1, -0.05) is 133 Å². The topological polar surface area (TPSA) is 136 Å². The SMILES string of the molecule is COC(=O)/C(=C/N(c1ccccc1)c1ccccc1)NC(=O)OCc1ccccc1.COC(=O)C(CN(c1ccccc1)c1ccccc1)NC(=O)OCc1ccccc1. The summed E-state index contributed by atoms with van der Waals surface area (Å²) in [5, 5.41) is 5.12. The Morgan fingerprint density at radius 2 is 0.900 bits per heavy atom. The Balaban J connectivity index is 0.000000228. The molecule has 0 saturated carbocycles. The van der Waals surface area contributed by atoms with Gasteiger partial charge in [0.25, 0.3) is 0 Å². The lowest BCUT2D eigenvalue weighted by molar-refractivity contribution is -0.142. The molecule has 0 aliphatic heterocycles.